The van der Waals surface area contributed by atoms with Crippen LogP contribution in [0.1, 0.15) is 22.3 Å². The molecule has 0 saturated carbocycles. The molecule has 62 heavy (non-hydrogen) atoms. The van der Waals surface area contributed by atoms with E-state index in [0.717, 1.165) is 17.1 Å². The second kappa shape index (κ2) is 15.9. The molecular weight excluding hydrogens is 747 g/mol. The summed E-state index contributed by atoms with van der Waals surface area (Å²) in [4.78, 5) is 2.41. The van der Waals surface area contributed by atoms with Gasteiger partial charge in [0.2, 0.25) is 0 Å². The van der Waals surface area contributed by atoms with E-state index in [9.17, 15) is 0 Å². The van der Waals surface area contributed by atoms with Crippen molar-refractivity contribution < 1.29 is 0 Å². The van der Waals surface area contributed by atoms with Crippen molar-refractivity contribution in [2.45, 2.75) is 5.41 Å². The number of benzene rings is 10. The second-order valence-electron chi connectivity index (χ2n) is 16.1. The van der Waals surface area contributed by atoms with E-state index < -0.39 is 5.41 Å². The lowest BCUT2D eigenvalue weighted by Crippen LogP contribution is -2.28. The Morgan fingerprint density at radius 1 is 0.226 bits per heavy atom. The van der Waals surface area contributed by atoms with Gasteiger partial charge < -0.3 is 4.90 Å². The Morgan fingerprint density at radius 2 is 0.581 bits per heavy atom. The zero-order valence-corrected chi connectivity index (χ0v) is 34.3. The summed E-state index contributed by atoms with van der Waals surface area (Å²) in [5, 5.41) is 0. The van der Waals surface area contributed by atoms with Crippen LogP contribution in [0, 0.1) is 0 Å². The first-order valence-electron chi connectivity index (χ1n) is 21.4. The Balaban J connectivity index is 1.05. The largest absolute Gasteiger partial charge is 0.310 e. The Bertz CT molecular complexity index is 2980. The van der Waals surface area contributed by atoms with Crippen LogP contribution in [0.25, 0.3) is 55.6 Å². The van der Waals surface area contributed by atoms with E-state index in [4.69, 9.17) is 0 Å². The monoisotopic (exact) mass is 789 g/mol. The first-order valence-corrected chi connectivity index (χ1v) is 21.4. The molecule has 1 aliphatic carbocycles. The summed E-state index contributed by atoms with van der Waals surface area (Å²) >= 11 is 0. The third-order valence-electron chi connectivity index (χ3n) is 12.6. The molecule has 1 nitrogen and oxygen atoms in total. The number of rotatable bonds is 9. The molecule has 0 bridgehead atoms. The van der Waals surface area contributed by atoms with Crippen LogP contribution in [0.2, 0.25) is 0 Å². The summed E-state index contributed by atoms with van der Waals surface area (Å²) < 4.78 is 0. The average molecular weight is 790 g/mol. The molecular formula is C61H43N. The normalized spacial score (nSPS) is 12.3. The Kier molecular flexibility index (Phi) is 9.48. The quantitative estimate of drug-likeness (QED) is 0.141. The minimum atomic E-state index is -0.503. The van der Waals surface area contributed by atoms with Gasteiger partial charge in [-0.1, -0.05) is 212 Å². The van der Waals surface area contributed by atoms with Crippen LogP contribution in [-0.2, 0) is 5.41 Å². The summed E-state index contributed by atoms with van der Waals surface area (Å²) in [7, 11) is 0. The smallest absolute Gasteiger partial charge is 0.0714 e. The molecule has 0 spiro atoms. The second-order valence-corrected chi connectivity index (χ2v) is 16.1. The van der Waals surface area contributed by atoms with Gasteiger partial charge in [-0.3, -0.25) is 0 Å². The zero-order valence-electron chi connectivity index (χ0n) is 34.3. The fourth-order valence-electron chi connectivity index (χ4n) is 9.66. The lowest BCUT2D eigenvalue weighted by Gasteiger charge is -2.35. The molecule has 10 aromatic rings. The highest BCUT2D eigenvalue weighted by Gasteiger charge is 2.46. The van der Waals surface area contributed by atoms with Gasteiger partial charge in [0.1, 0.15) is 0 Å². The minimum Gasteiger partial charge on any atom is -0.310 e. The van der Waals surface area contributed by atoms with Gasteiger partial charge in [0.05, 0.1) is 5.41 Å². The minimum absolute atomic E-state index is 0.503. The van der Waals surface area contributed by atoms with Gasteiger partial charge in [-0.05, 0) is 126 Å². The summed E-state index contributed by atoms with van der Waals surface area (Å²) in [6, 6.07) is 95.2. The molecule has 10 aromatic carbocycles. The lowest BCUT2D eigenvalue weighted by atomic mass is 9.67. The molecule has 1 heteroatoms. The molecule has 0 atom stereocenters. The van der Waals surface area contributed by atoms with E-state index in [1.54, 1.807) is 0 Å². The fraction of sp³-hybridized carbons (Fsp3) is 0.0164. The van der Waals surface area contributed by atoms with E-state index in [1.807, 2.05) is 0 Å². The lowest BCUT2D eigenvalue weighted by molar-refractivity contribution is 0.768. The molecule has 0 unspecified atom stereocenters. The van der Waals surface area contributed by atoms with E-state index >= 15 is 0 Å². The van der Waals surface area contributed by atoms with Crippen molar-refractivity contribution in [2.75, 3.05) is 4.90 Å². The third kappa shape index (κ3) is 6.52. The van der Waals surface area contributed by atoms with Crippen molar-refractivity contribution in [3.05, 3.63) is 283 Å². The Morgan fingerprint density at radius 3 is 1.05 bits per heavy atom. The molecule has 0 fully saturated rings. The van der Waals surface area contributed by atoms with Crippen molar-refractivity contribution in [1.29, 1.82) is 0 Å². The highest BCUT2D eigenvalue weighted by atomic mass is 15.1. The van der Waals surface area contributed by atoms with Crippen LogP contribution in [0.4, 0.5) is 17.1 Å². The van der Waals surface area contributed by atoms with Gasteiger partial charge in [0.25, 0.3) is 0 Å². The van der Waals surface area contributed by atoms with Crippen molar-refractivity contribution >= 4 is 17.1 Å². The van der Waals surface area contributed by atoms with Crippen molar-refractivity contribution in [3.8, 4) is 55.6 Å². The van der Waals surface area contributed by atoms with Crippen LogP contribution in [0.5, 0.6) is 0 Å². The first-order chi connectivity index (χ1) is 30.7. The molecule has 292 valence electrons. The zero-order chi connectivity index (χ0) is 41.3. The maximum Gasteiger partial charge on any atom is 0.0714 e. The Hall–Kier alpha value is -8.00. The predicted molar refractivity (Wildman–Crippen MR) is 260 cm³/mol. The SMILES string of the molecule is c1ccc(-c2cccc(-c3ccc(N(c4ccc(-c5cccc(-c6ccccc6)c5)cc4)c4cccc(C5(c6ccccc6)c6ccccc6-c6ccccc65)c4)cc3)c2)cc1. The molecule has 0 radical (unpaired) electrons. The van der Waals surface area contributed by atoms with Crippen LogP contribution in [0.15, 0.2) is 261 Å². The van der Waals surface area contributed by atoms with E-state index in [-0.39, 0.29) is 0 Å². The molecule has 0 aromatic heterocycles. The maximum atomic E-state index is 2.42. The summed E-state index contributed by atoms with van der Waals surface area (Å²) in [6.07, 6.45) is 0. The average Bonchev–Trinajstić information content (AvgIpc) is 3.67. The molecule has 0 N–H and O–H groups in total. The van der Waals surface area contributed by atoms with E-state index in [0.29, 0.717) is 0 Å². The van der Waals surface area contributed by atoms with Crippen molar-refractivity contribution in [1.82, 2.24) is 0 Å². The van der Waals surface area contributed by atoms with E-state index in [1.165, 1.54) is 77.9 Å². The van der Waals surface area contributed by atoms with Gasteiger partial charge in [-0.2, -0.15) is 0 Å². The van der Waals surface area contributed by atoms with Gasteiger partial charge in [-0.25, -0.2) is 0 Å². The molecule has 0 aliphatic heterocycles. The van der Waals surface area contributed by atoms with Gasteiger partial charge in [-0.15, -0.1) is 0 Å². The summed E-state index contributed by atoms with van der Waals surface area (Å²) in [6.45, 7) is 0. The topological polar surface area (TPSA) is 3.24 Å². The van der Waals surface area contributed by atoms with Crippen LogP contribution in [0.3, 0.4) is 0 Å². The van der Waals surface area contributed by atoms with Crippen molar-refractivity contribution in [2.24, 2.45) is 0 Å². The number of hydrogen-bond acceptors (Lipinski definition) is 1. The number of nitrogens with zero attached hydrogens (tertiary/aromatic N) is 1. The van der Waals surface area contributed by atoms with E-state index in [2.05, 4.69) is 266 Å². The third-order valence-corrected chi connectivity index (χ3v) is 12.6. The van der Waals surface area contributed by atoms with Crippen LogP contribution >= 0.6 is 0 Å². The molecule has 0 saturated heterocycles. The number of anilines is 3. The summed E-state index contributed by atoms with van der Waals surface area (Å²) in [5.41, 5.74) is 20.0. The first kappa shape index (κ1) is 37.0. The fourth-order valence-corrected chi connectivity index (χ4v) is 9.66. The van der Waals surface area contributed by atoms with Gasteiger partial charge >= 0.3 is 0 Å². The summed E-state index contributed by atoms with van der Waals surface area (Å²) in [5.74, 6) is 0. The number of fused-ring (bicyclic) bond motifs is 3. The molecule has 0 heterocycles. The van der Waals surface area contributed by atoms with Crippen LogP contribution in [-0.4, -0.2) is 0 Å². The predicted octanol–water partition coefficient (Wildman–Crippen LogP) is 16.2. The number of hydrogen-bond donors (Lipinski definition) is 0. The van der Waals surface area contributed by atoms with Gasteiger partial charge in [0, 0.05) is 17.1 Å². The molecule has 0 amide bonds. The molecule has 1 aliphatic rings. The highest BCUT2D eigenvalue weighted by molar-refractivity contribution is 5.88. The maximum absolute atomic E-state index is 2.42. The highest BCUT2D eigenvalue weighted by Crippen LogP contribution is 2.56. The van der Waals surface area contributed by atoms with Crippen LogP contribution < -0.4 is 4.90 Å². The van der Waals surface area contributed by atoms with Crippen molar-refractivity contribution in [3.63, 3.8) is 0 Å². The standard InChI is InChI=1S/C61H43N/c1-4-17-44(18-5-1)48-21-14-23-50(41-48)46-33-37-54(38-34-46)62(55-39-35-47(36-40-55)51-24-15-22-49(42-51)45-19-6-2-7-20-45)56-28-16-27-53(43-56)61(52-25-8-3-9-26-52)59-31-12-10-29-57(59)58-30-11-13-32-60(58)61/h1-43H. The Labute approximate surface area is 364 Å². The molecule has 11 rings (SSSR count). The van der Waals surface area contributed by atoms with Gasteiger partial charge in [0.15, 0.2) is 0 Å².